The number of hydrogen-bond donors (Lipinski definition) is 3. The molecule has 2 bridgehead atoms. The number of alkyl halides is 3. The minimum absolute atomic E-state index is 0.0132. The third-order valence-electron chi connectivity index (χ3n) is 7.83. The van der Waals surface area contributed by atoms with E-state index in [-0.39, 0.29) is 29.8 Å². The predicted molar refractivity (Wildman–Crippen MR) is 143 cm³/mol. The Morgan fingerprint density at radius 1 is 1.10 bits per heavy atom. The molecule has 41 heavy (non-hydrogen) atoms. The number of pyridine rings is 1. The zero-order valence-corrected chi connectivity index (χ0v) is 21.9. The first kappa shape index (κ1) is 26.8. The van der Waals surface area contributed by atoms with E-state index >= 15 is 0 Å². The average molecular weight is 568 g/mol. The standard InChI is InChI=1S/C28H28F3N7O3/c29-28(30,31)16-3-6-23(20(10-16)15-2-1-8-33-14-15)41-19-11-17-4-5-18(12-19)38(17)27-36-22(25(32)39)13-24(37-27)35-21-7-9-34-26(21)40/h1-3,6,8,10,13-14,17-19,21H,4-5,7,9,11-12H2,(H2,32,39)(H,34,40)(H,35,36,37)/t17?,18?,19?,21-/m0/s1. The van der Waals surface area contributed by atoms with Crippen molar-refractivity contribution < 1.29 is 27.5 Å². The van der Waals surface area contributed by atoms with Gasteiger partial charge >= 0.3 is 6.18 Å². The molecule has 4 N–H and O–H groups in total. The number of primary amides is 1. The molecule has 3 aromatic rings. The minimum Gasteiger partial charge on any atom is -0.490 e. The monoisotopic (exact) mass is 567 g/mol. The van der Waals surface area contributed by atoms with Crippen molar-refractivity contribution in [3.8, 4) is 16.9 Å². The molecule has 2 amide bonds. The summed E-state index contributed by atoms with van der Waals surface area (Å²) in [5.74, 6) is 0.200. The molecule has 3 saturated heterocycles. The van der Waals surface area contributed by atoms with E-state index in [1.807, 2.05) is 0 Å². The lowest BCUT2D eigenvalue weighted by molar-refractivity contribution is -0.137. The van der Waals surface area contributed by atoms with E-state index in [0.717, 1.165) is 25.0 Å². The second-order valence-corrected chi connectivity index (χ2v) is 10.5. The molecule has 0 radical (unpaired) electrons. The fourth-order valence-electron chi connectivity index (χ4n) is 5.95. The number of aromatic nitrogens is 3. The van der Waals surface area contributed by atoms with Crippen LogP contribution in [0.5, 0.6) is 5.75 Å². The van der Waals surface area contributed by atoms with Crippen molar-refractivity contribution in [2.45, 2.75) is 62.5 Å². The van der Waals surface area contributed by atoms with Gasteiger partial charge in [0.2, 0.25) is 11.9 Å². The van der Waals surface area contributed by atoms with Crippen molar-refractivity contribution in [1.29, 1.82) is 0 Å². The number of amides is 2. The maximum atomic E-state index is 13.5. The second kappa shape index (κ2) is 10.5. The normalized spacial score (nSPS) is 23.8. The summed E-state index contributed by atoms with van der Waals surface area (Å²) in [6.45, 7) is 0.552. The highest BCUT2D eigenvalue weighted by molar-refractivity contribution is 5.92. The number of benzene rings is 1. The molecule has 1 aromatic carbocycles. The molecule has 3 aliphatic heterocycles. The molecule has 13 heteroatoms. The van der Waals surface area contributed by atoms with Gasteiger partial charge in [-0.1, -0.05) is 6.07 Å². The molecule has 3 fully saturated rings. The van der Waals surface area contributed by atoms with E-state index in [0.29, 0.717) is 54.4 Å². The summed E-state index contributed by atoms with van der Waals surface area (Å²) in [5, 5.41) is 5.85. The number of anilines is 2. The van der Waals surface area contributed by atoms with Crippen LogP contribution < -0.4 is 26.0 Å². The van der Waals surface area contributed by atoms with Gasteiger partial charge in [-0.05, 0) is 43.5 Å². The molecular weight excluding hydrogens is 539 g/mol. The Morgan fingerprint density at radius 2 is 1.88 bits per heavy atom. The van der Waals surface area contributed by atoms with Crippen molar-refractivity contribution in [3.63, 3.8) is 0 Å². The molecule has 214 valence electrons. The van der Waals surface area contributed by atoms with Crippen molar-refractivity contribution in [1.82, 2.24) is 20.3 Å². The molecule has 0 spiro atoms. The Hall–Kier alpha value is -4.42. The molecule has 3 aliphatic rings. The number of carbonyl (C=O) groups excluding carboxylic acids is 2. The SMILES string of the molecule is NC(=O)c1cc(N[C@H]2CCNC2=O)nc(N2C3CCC2CC(Oc2ccc(C(F)(F)F)cc2-c2cccnc2)C3)n1. The summed E-state index contributed by atoms with van der Waals surface area (Å²) in [7, 11) is 0. The number of nitrogens with two attached hydrogens (primary N) is 1. The topological polar surface area (TPSA) is 135 Å². The number of fused-ring (bicyclic) bond motifs is 2. The van der Waals surface area contributed by atoms with Gasteiger partial charge in [-0.3, -0.25) is 14.6 Å². The van der Waals surface area contributed by atoms with Gasteiger partial charge in [-0.25, -0.2) is 4.98 Å². The number of nitrogens with one attached hydrogen (secondary N) is 2. The summed E-state index contributed by atoms with van der Waals surface area (Å²) in [6, 6.07) is 7.82. The largest absolute Gasteiger partial charge is 0.490 e. The maximum absolute atomic E-state index is 13.5. The zero-order valence-electron chi connectivity index (χ0n) is 21.9. The molecular formula is C28H28F3N7O3. The number of halogens is 3. The van der Waals surface area contributed by atoms with Gasteiger partial charge in [-0.2, -0.15) is 18.2 Å². The minimum atomic E-state index is -4.49. The van der Waals surface area contributed by atoms with Crippen molar-refractivity contribution in [3.05, 3.63) is 60.0 Å². The lowest BCUT2D eigenvalue weighted by atomic mass is 9.99. The van der Waals surface area contributed by atoms with E-state index in [9.17, 15) is 22.8 Å². The van der Waals surface area contributed by atoms with Crippen molar-refractivity contribution in [2.75, 3.05) is 16.8 Å². The van der Waals surface area contributed by atoms with E-state index in [2.05, 4.69) is 30.5 Å². The van der Waals surface area contributed by atoms with Gasteiger partial charge < -0.3 is 26.0 Å². The van der Waals surface area contributed by atoms with Crippen LogP contribution in [-0.2, 0) is 11.0 Å². The van der Waals surface area contributed by atoms with Crippen LogP contribution in [0, 0.1) is 0 Å². The summed E-state index contributed by atoms with van der Waals surface area (Å²) < 4.78 is 46.9. The van der Waals surface area contributed by atoms with Gasteiger partial charge in [-0.15, -0.1) is 0 Å². The number of carbonyl (C=O) groups is 2. The molecule has 0 aliphatic carbocycles. The number of piperidine rings is 1. The van der Waals surface area contributed by atoms with Gasteiger partial charge in [0, 0.05) is 61.1 Å². The summed E-state index contributed by atoms with van der Waals surface area (Å²) in [5.41, 5.74) is 5.70. The highest BCUT2D eigenvalue weighted by atomic mass is 19.4. The highest BCUT2D eigenvalue weighted by Gasteiger charge is 2.43. The molecule has 2 aromatic heterocycles. The van der Waals surface area contributed by atoms with Crippen LogP contribution >= 0.6 is 0 Å². The van der Waals surface area contributed by atoms with Crippen LogP contribution in [0.15, 0.2) is 48.8 Å². The molecule has 5 heterocycles. The maximum Gasteiger partial charge on any atom is 0.416 e. The number of nitrogens with zero attached hydrogens (tertiary/aromatic N) is 4. The third-order valence-corrected chi connectivity index (χ3v) is 7.83. The van der Waals surface area contributed by atoms with Crippen LogP contribution in [0.1, 0.15) is 48.2 Å². The van der Waals surface area contributed by atoms with E-state index < -0.39 is 23.7 Å². The van der Waals surface area contributed by atoms with Crippen molar-refractivity contribution in [2.24, 2.45) is 5.73 Å². The van der Waals surface area contributed by atoms with Crippen LogP contribution in [0.25, 0.3) is 11.1 Å². The van der Waals surface area contributed by atoms with Gasteiger partial charge in [0.25, 0.3) is 5.91 Å². The predicted octanol–water partition coefficient (Wildman–Crippen LogP) is 3.54. The first-order valence-electron chi connectivity index (χ1n) is 13.5. The fraction of sp³-hybridized carbons (Fsp3) is 0.393. The summed E-state index contributed by atoms with van der Waals surface area (Å²) >= 11 is 0. The first-order valence-corrected chi connectivity index (χ1v) is 13.5. The molecule has 10 nitrogen and oxygen atoms in total. The van der Waals surface area contributed by atoms with Crippen molar-refractivity contribution >= 4 is 23.6 Å². The van der Waals surface area contributed by atoms with Gasteiger partial charge in [0.15, 0.2) is 0 Å². The average Bonchev–Trinajstić information content (AvgIpc) is 3.47. The molecule has 0 saturated carbocycles. The lowest BCUT2D eigenvalue weighted by Gasteiger charge is -2.39. The van der Waals surface area contributed by atoms with Gasteiger partial charge in [0.05, 0.1) is 5.56 Å². The quantitative estimate of drug-likeness (QED) is 0.395. The third kappa shape index (κ3) is 5.48. The van der Waals surface area contributed by atoms with Crippen LogP contribution in [0.3, 0.4) is 0 Å². The number of rotatable bonds is 7. The Labute approximate surface area is 233 Å². The Bertz CT molecular complexity index is 1460. The van der Waals surface area contributed by atoms with E-state index in [1.54, 1.807) is 18.3 Å². The van der Waals surface area contributed by atoms with Crippen LogP contribution in [0.2, 0.25) is 0 Å². The lowest BCUT2D eigenvalue weighted by Crippen LogP contribution is -2.47. The smallest absolute Gasteiger partial charge is 0.416 e. The number of hydrogen-bond acceptors (Lipinski definition) is 8. The van der Waals surface area contributed by atoms with Crippen LogP contribution in [0.4, 0.5) is 24.9 Å². The first-order chi connectivity index (χ1) is 19.7. The van der Waals surface area contributed by atoms with Crippen LogP contribution in [-0.4, -0.2) is 57.5 Å². The van der Waals surface area contributed by atoms with E-state index in [1.165, 1.54) is 18.3 Å². The zero-order chi connectivity index (χ0) is 28.7. The van der Waals surface area contributed by atoms with Gasteiger partial charge in [0.1, 0.15) is 29.4 Å². The second-order valence-electron chi connectivity index (χ2n) is 10.5. The highest BCUT2D eigenvalue weighted by Crippen LogP contribution is 2.42. The number of ether oxygens (including phenoxy) is 1. The molecule has 2 unspecified atom stereocenters. The van der Waals surface area contributed by atoms with E-state index in [4.69, 9.17) is 10.5 Å². The molecule has 6 rings (SSSR count). The Kier molecular flexibility index (Phi) is 6.88. The summed E-state index contributed by atoms with van der Waals surface area (Å²) in [6.07, 6.45) is 1.76. The molecule has 3 atom stereocenters. The fourth-order valence-corrected chi connectivity index (χ4v) is 5.95. The Morgan fingerprint density at radius 3 is 2.51 bits per heavy atom. The summed E-state index contributed by atoms with van der Waals surface area (Å²) in [4.78, 5) is 39.3. The Balaban J connectivity index is 1.24.